The Morgan fingerprint density at radius 3 is 2.23 bits per heavy atom. The second-order valence-electron chi connectivity index (χ2n) is 2.70. The zero-order valence-electron chi connectivity index (χ0n) is 8.00. The van der Waals surface area contributed by atoms with Crippen LogP contribution in [0.5, 0.6) is 0 Å². The fourth-order valence-corrected chi connectivity index (χ4v) is 1.23. The lowest BCUT2D eigenvalue weighted by atomic mass is 10.3. The monoisotopic (exact) mass is 245 g/mol. The number of carbonyl (C=O) groups excluding carboxylic acids is 1. The number of hydrogen-bond donors (Lipinski definition) is 0. The van der Waals surface area contributed by atoms with Crippen molar-refractivity contribution in [2.24, 2.45) is 0 Å². The van der Waals surface area contributed by atoms with Crippen LogP contribution in [0.2, 0.25) is 0 Å². The molecule has 0 aliphatic carbocycles. The summed E-state index contributed by atoms with van der Waals surface area (Å²) in [6.45, 7) is 10.3. The number of amides is 1. The number of nitrogens with zero attached hydrogens (tertiary/aromatic N) is 1. The summed E-state index contributed by atoms with van der Waals surface area (Å²) in [5.74, 6) is 0.0994. The molecule has 2 nitrogen and oxygen atoms in total. The van der Waals surface area contributed by atoms with Crippen LogP contribution >= 0.6 is 15.9 Å². The molecule has 0 saturated carbocycles. The van der Waals surface area contributed by atoms with Crippen molar-refractivity contribution in [1.82, 2.24) is 4.90 Å². The summed E-state index contributed by atoms with van der Waals surface area (Å²) < 4.78 is 0. The summed E-state index contributed by atoms with van der Waals surface area (Å²) in [6, 6.07) is 0. The highest BCUT2D eigenvalue weighted by Crippen LogP contribution is 2.08. The quantitative estimate of drug-likeness (QED) is 0.520. The molecule has 0 saturated heterocycles. The molecule has 1 atom stereocenters. The molecule has 0 N–H and O–H groups in total. The van der Waals surface area contributed by atoms with E-state index in [1.54, 1.807) is 17.1 Å². The number of hydrogen-bond acceptors (Lipinski definition) is 1. The van der Waals surface area contributed by atoms with E-state index in [9.17, 15) is 4.79 Å². The maximum Gasteiger partial charge on any atom is 0.236 e. The second-order valence-corrected chi connectivity index (χ2v) is 3.80. The van der Waals surface area contributed by atoms with Gasteiger partial charge in [-0.25, -0.2) is 0 Å². The Morgan fingerprint density at radius 2 is 1.92 bits per heavy atom. The van der Waals surface area contributed by atoms with Crippen molar-refractivity contribution in [3.05, 3.63) is 25.3 Å². The molecule has 0 bridgehead atoms. The Labute approximate surface area is 88.4 Å². The van der Waals surface area contributed by atoms with Crippen LogP contribution in [-0.4, -0.2) is 28.7 Å². The Balaban J connectivity index is 4.25. The standard InChI is InChI=1S/C10H16BrNO/c1-4-7-12(8-5-2)10(13)9(11)6-3/h4-5,9H,1-2,6-8H2,3H3. The van der Waals surface area contributed by atoms with Crippen LogP contribution in [0.15, 0.2) is 25.3 Å². The van der Waals surface area contributed by atoms with Crippen molar-refractivity contribution in [3.63, 3.8) is 0 Å². The van der Waals surface area contributed by atoms with Gasteiger partial charge in [0, 0.05) is 13.1 Å². The minimum absolute atomic E-state index is 0.0904. The van der Waals surface area contributed by atoms with E-state index in [2.05, 4.69) is 29.1 Å². The van der Waals surface area contributed by atoms with E-state index in [0.29, 0.717) is 13.1 Å². The van der Waals surface area contributed by atoms with Crippen molar-refractivity contribution >= 4 is 21.8 Å². The summed E-state index contributed by atoms with van der Waals surface area (Å²) in [4.78, 5) is 13.3. The maximum atomic E-state index is 11.6. The lowest BCUT2D eigenvalue weighted by molar-refractivity contribution is -0.129. The van der Waals surface area contributed by atoms with Crippen LogP contribution in [0, 0.1) is 0 Å². The molecule has 1 amide bonds. The fourth-order valence-electron chi connectivity index (χ4n) is 0.939. The highest BCUT2D eigenvalue weighted by Gasteiger charge is 2.17. The third-order valence-corrected chi connectivity index (χ3v) is 2.68. The van der Waals surface area contributed by atoms with E-state index in [-0.39, 0.29) is 10.7 Å². The van der Waals surface area contributed by atoms with Gasteiger partial charge in [-0.1, -0.05) is 35.0 Å². The molecule has 0 rings (SSSR count). The summed E-state index contributed by atoms with van der Waals surface area (Å²) in [5, 5.41) is 0. The Kier molecular flexibility index (Phi) is 6.59. The van der Waals surface area contributed by atoms with Crippen LogP contribution in [0.4, 0.5) is 0 Å². The summed E-state index contributed by atoms with van der Waals surface area (Å²) >= 11 is 3.32. The normalized spacial score (nSPS) is 11.8. The molecule has 0 aliphatic heterocycles. The lowest BCUT2D eigenvalue weighted by Gasteiger charge is -2.21. The molecular weight excluding hydrogens is 230 g/mol. The number of halogens is 1. The van der Waals surface area contributed by atoms with Gasteiger partial charge in [-0.05, 0) is 6.42 Å². The maximum absolute atomic E-state index is 11.6. The average Bonchev–Trinajstić information content (AvgIpc) is 2.15. The summed E-state index contributed by atoms with van der Waals surface area (Å²) in [7, 11) is 0. The van der Waals surface area contributed by atoms with Crippen molar-refractivity contribution < 1.29 is 4.79 Å². The Morgan fingerprint density at radius 1 is 1.46 bits per heavy atom. The number of rotatable bonds is 6. The molecule has 0 fully saturated rings. The number of carbonyl (C=O) groups is 1. The highest BCUT2D eigenvalue weighted by molar-refractivity contribution is 9.10. The molecule has 0 aromatic heterocycles. The van der Waals surface area contributed by atoms with Crippen LogP contribution in [0.25, 0.3) is 0 Å². The van der Waals surface area contributed by atoms with Crippen LogP contribution in [0.1, 0.15) is 13.3 Å². The first-order valence-corrected chi connectivity index (χ1v) is 5.23. The topological polar surface area (TPSA) is 20.3 Å². The van der Waals surface area contributed by atoms with Crippen molar-refractivity contribution in [2.75, 3.05) is 13.1 Å². The van der Waals surface area contributed by atoms with Gasteiger partial charge >= 0.3 is 0 Å². The van der Waals surface area contributed by atoms with Gasteiger partial charge in [0.15, 0.2) is 0 Å². The minimum atomic E-state index is -0.0904. The highest BCUT2D eigenvalue weighted by atomic mass is 79.9. The first kappa shape index (κ1) is 12.4. The molecule has 0 aromatic rings. The van der Waals surface area contributed by atoms with Crippen molar-refractivity contribution in [1.29, 1.82) is 0 Å². The molecule has 74 valence electrons. The zero-order valence-corrected chi connectivity index (χ0v) is 9.59. The smallest absolute Gasteiger partial charge is 0.236 e. The number of alkyl halides is 1. The van der Waals surface area contributed by atoms with Crippen LogP contribution in [0.3, 0.4) is 0 Å². The third-order valence-electron chi connectivity index (χ3n) is 1.64. The van der Waals surface area contributed by atoms with Gasteiger partial charge in [0.05, 0.1) is 4.83 Å². The SMILES string of the molecule is C=CCN(CC=C)C(=O)C(Br)CC. The molecule has 13 heavy (non-hydrogen) atoms. The van der Waals surface area contributed by atoms with Gasteiger partial charge in [-0.15, -0.1) is 13.2 Å². The van der Waals surface area contributed by atoms with Gasteiger partial charge in [-0.3, -0.25) is 4.79 Å². The Hall–Kier alpha value is -0.570. The van der Waals surface area contributed by atoms with Crippen LogP contribution < -0.4 is 0 Å². The molecule has 0 heterocycles. The van der Waals surface area contributed by atoms with Gasteiger partial charge in [0.2, 0.25) is 5.91 Å². The molecule has 0 aliphatic rings. The van der Waals surface area contributed by atoms with E-state index in [1.165, 1.54) is 0 Å². The summed E-state index contributed by atoms with van der Waals surface area (Å²) in [5.41, 5.74) is 0. The largest absolute Gasteiger partial charge is 0.334 e. The van der Waals surface area contributed by atoms with Crippen molar-refractivity contribution in [2.45, 2.75) is 18.2 Å². The molecule has 0 radical (unpaired) electrons. The minimum Gasteiger partial charge on any atom is -0.334 e. The first-order valence-electron chi connectivity index (χ1n) is 4.32. The zero-order chi connectivity index (χ0) is 10.3. The van der Waals surface area contributed by atoms with Crippen molar-refractivity contribution in [3.8, 4) is 0 Å². The predicted molar refractivity (Wildman–Crippen MR) is 60.0 cm³/mol. The average molecular weight is 246 g/mol. The molecule has 0 spiro atoms. The van der Waals surface area contributed by atoms with E-state index >= 15 is 0 Å². The van der Waals surface area contributed by atoms with Gasteiger partial charge in [-0.2, -0.15) is 0 Å². The van der Waals surface area contributed by atoms with E-state index in [4.69, 9.17) is 0 Å². The molecule has 3 heteroatoms. The van der Waals surface area contributed by atoms with E-state index in [0.717, 1.165) is 6.42 Å². The van der Waals surface area contributed by atoms with Gasteiger partial charge in [0.1, 0.15) is 0 Å². The van der Waals surface area contributed by atoms with Crippen LogP contribution in [-0.2, 0) is 4.79 Å². The van der Waals surface area contributed by atoms with E-state index in [1.807, 2.05) is 6.92 Å². The Bertz CT molecular complexity index is 181. The molecule has 1 unspecified atom stereocenters. The first-order chi connectivity index (χ1) is 6.17. The predicted octanol–water partition coefficient (Wildman–Crippen LogP) is 2.36. The summed E-state index contributed by atoms with van der Waals surface area (Å²) in [6.07, 6.45) is 4.23. The van der Waals surface area contributed by atoms with Gasteiger partial charge in [0.25, 0.3) is 0 Å². The lowest BCUT2D eigenvalue weighted by Crippen LogP contribution is -2.36. The third kappa shape index (κ3) is 4.27. The van der Waals surface area contributed by atoms with Gasteiger partial charge < -0.3 is 4.90 Å². The van der Waals surface area contributed by atoms with E-state index < -0.39 is 0 Å². The fraction of sp³-hybridized carbons (Fsp3) is 0.500. The second kappa shape index (κ2) is 6.89. The molecular formula is C10H16BrNO. The molecule has 0 aromatic carbocycles.